The molecule has 0 bridgehead atoms. The first kappa shape index (κ1) is 13.2. The minimum Gasteiger partial charge on any atom is -0.374 e. The van der Waals surface area contributed by atoms with Gasteiger partial charge in [-0.3, -0.25) is 0 Å². The summed E-state index contributed by atoms with van der Waals surface area (Å²) < 4.78 is 50.8. The topological polar surface area (TPSA) is 55.4 Å². The molecule has 80 valence electrons. The largest absolute Gasteiger partial charge is 0.374 e. The number of hydrogen-bond donors (Lipinski definition) is 1. The minimum atomic E-state index is -3.32. The van der Waals surface area contributed by atoms with Gasteiger partial charge in [0.15, 0.2) is 0 Å². The molecular formula is C5H10BrF2NO3S. The molecule has 0 saturated carbocycles. The first-order valence-electron chi connectivity index (χ1n) is 3.37. The summed E-state index contributed by atoms with van der Waals surface area (Å²) in [6.45, 7) is -0.729. The van der Waals surface area contributed by atoms with E-state index in [1.54, 1.807) is 0 Å². The van der Waals surface area contributed by atoms with Gasteiger partial charge in [0.1, 0.15) is 11.3 Å². The van der Waals surface area contributed by atoms with Crippen molar-refractivity contribution in [3.05, 3.63) is 0 Å². The Kier molecular flexibility index (Phi) is 6.74. The summed E-state index contributed by atoms with van der Waals surface area (Å²) in [4.78, 5) is 0. The average molecular weight is 282 g/mol. The standard InChI is InChI=1S/C5H10BrF2NO3S/c6-4-13(10,11)9-1-2-12-3-5(7)8/h5,9H,1-4H2. The Balaban J connectivity index is 3.37. The van der Waals surface area contributed by atoms with Crippen molar-refractivity contribution in [2.75, 3.05) is 24.4 Å². The number of nitrogens with one attached hydrogen (secondary N) is 1. The highest BCUT2D eigenvalue weighted by molar-refractivity contribution is 9.10. The van der Waals surface area contributed by atoms with E-state index in [0.29, 0.717) is 0 Å². The number of hydrogen-bond acceptors (Lipinski definition) is 3. The summed E-state index contributed by atoms with van der Waals surface area (Å²) in [7, 11) is -3.32. The quantitative estimate of drug-likeness (QED) is 0.547. The van der Waals surface area contributed by atoms with Crippen LogP contribution in [0.25, 0.3) is 0 Å². The molecule has 0 atom stereocenters. The predicted octanol–water partition coefficient (Wildman–Crippen LogP) is 0.540. The van der Waals surface area contributed by atoms with Crippen LogP contribution in [0.2, 0.25) is 0 Å². The molecule has 1 N–H and O–H groups in total. The van der Waals surface area contributed by atoms with Gasteiger partial charge in [0.25, 0.3) is 6.43 Å². The lowest BCUT2D eigenvalue weighted by atomic mass is 10.7. The fraction of sp³-hybridized carbons (Fsp3) is 1.00. The van der Waals surface area contributed by atoms with Gasteiger partial charge in [-0.05, 0) is 0 Å². The molecule has 0 spiro atoms. The van der Waals surface area contributed by atoms with E-state index in [9.17, 15) is 17.2 Å². The highest BCUT2D eigenvalue weighted by Crippen LogP contribution is 1.92. The van der Waals surface area contributed by atoms with E-state index in [0.717, 1.165) is 0 Å². The van der Waals surface area contributed by atoms with Crippen molar-refractivity contribution in [1.82, 2.24) is 4.72 Å². The number of alkyl halides is 3. The van der Waals surface area contributed by atoms with Gasteiger partial charge in [-0.1, -0.05) is 15.9 Å². The lowest BCUT2D eigenvalue weighted by molar-refractivity contribution is 0.0199. The van der Waals surface area contributed by atoms with Gasteiger partial charge in [0.2, 0.25) is 10.0 Å². The van der Waals surface area contributed by atoms with Gasteiger partial charge in [-0.2, -0.15) is 0 Å². The van der Waals surface area contributed by atoms with Crippen LogP contribution in [0.4, 0.5) is 8.78 Å². The molecule has 0 unspecified atom stereocenters. The van der Waals surface area contributed by atoms with E-state index < -0.39 is 23.1 Å². The molecule has 0 aromatic rings. The summed E-state index contributed by atoms with van der Waals surface area (Å²) in [5.41, 5.74) is 0. The molecule has 0 aromatic heterocycles. The van der Waals surface area contributed by atoms with Crippen LogP contribution >= 0.6 is 15.9 Å². The molecule has 0 saturated heterocycles. The molecule has 0 heterocycles. The molecular weight excluding hydrogens is 272 g/mol. The van der Waals surface area contributed by atoms with E-state index in [4.69, 9.17) is 0 Å². The summed E-state index contributed by atoms with van der Waals surface area (Å²) in [6.07, 6.45) is -2.52. The van der Waals surface area contributed by atoms with Crippen molar-refractivity contribution in [3.63, 3.8) is 0 Å². The fourth-order valence-electron chi connectivity index (χ4n) is 0.480. The summed E-state index contributed by atoms with van der Waals surface area (Å²) >= 11 is 2.75. The molecule has 13 heavy (non-hydrogen) atoms. The third kappa shape index (κ3) is 8.54. The molecule has 0 aliphatic carbocycles. The average Bonchev–Trinajstić information content (AvgIpc) is 2.03. The monoisotopic (exact) mass is 281 g/mol. The molecule has 0 amide bonds. The van der Waals surface area contributed by atoms with Crippen molar-refractivity contribution in [2.24, 2.45) is 0 Å². The van der Waals surface area contributed by atoms with Crippen LogP contribution in [0.15, 0.2) is 0 Å². The Bertz CT molecular complexity index is 222. The van der Waals surface area contributed by atoms with Gasteiger partial charge in [-0.25, -0.2) is 21.9 Å². The van der Waals surface area contributed by atoms with Gasteiger partial charge < -0.3 is 4.74 Å². The molecule has 0 aliphatic rings. The maximum absolute atomic E-state index is 11.5. The molecule has 0 radical (unpaired) electrons. The van der Waals surface area contributed by atoms with Crippen molar-refractivity contribution < 1.29 is 21.9 Å². The number of halogens is 3. The van der Waals surface area contributed by atoms with Crippen molar-refractivity contribution in [2.45, 2.75) is 6.43 Å². The van der Waals surface area contributed by atoms with Crippen LogP contribution in [-0.2, 0) is 14.8 Å². The van der Waals surface area contributed by atoms with Gasteiger partial charge >= 0.3 is 0 Å². The number of ether oxygens (including phenoxy) is 1. The summed E-state index contributed by atoms with van der Waals surface area (Å²) in [5, 5.41) is 0. The predicted molar refractivity (Wildman–Crippen MR) is 47.5 cm³/mol. The van der Waals surface area contributed by atoms with Gasteiger partial charge in [-0.15, -0.1) is 0 Å². The molecule has 0 fully saturated rings. The maximum atomic E-state index is 11.5. The second-order valence-electron chi connectivity index (χ2n) is 2.08. The van der Waals surface area contributed by atoms with Crippen LogP contribution < -0.4 is 4.72 Å². The molecule has 0 aliphatic heterocycles. The molecule has 8 heteroatoms. The summed E-state index contributed by atoms with van der Waals surface area (Å²) in [5.74, 6) is 0. The third-order valence-electron chi connectivity index (χ3n) is 0.956. The normalized spacial score (nSPS) is 12.3. The molecule has 4 nitrogen and oxygen atoms in total. The number of sulfonamides is 1. The highest BCUT2D eigenvalue weighted by atomic mass is 79.9. The van der Waals surface area contributed by atoms with E-state index in [2.05, 4.69) is 25.4 Å². The zero-order valence-corrected chi connectivity index (χ0v) is 9.08. The lowest BCUT2D eigenvalue weighted by Gasteiger charge is -2.04. The second kappa shape index (κ2) is 6.63. The first-order chi connectivity index (χ1) is 5.98. The summed E-state index contributed by atoms with van der Waals surface area (Å²) in [6, 6.07) is 0. The van der Waals surface area contributed by atoms with E-state index in [1.807, 2.05) is 0 Å². The Labute approximate surface area is 83.8 Å². The Hall–Kier alpha value is 0.210. The number of rotatable bonds is 7. The van der Waals surface area contributed by atoms with Crippen LogP contribution in [0.1, 0.15) is 0 Å². The smallest absolute Gasteiger partial charge is 0.261 e. The SMILES string of the molecule is O=S(=O)(CBr)NCCOCC(F)F. The van der Waals surface area contributed by atoms with Crippen LogP contribution in [0, 0.1) is 0 Å². The molecule has 0 aromatic carbocycles. The van der Waals surface area contributed by atoms with Crippen LogP contribution in [-0.4, -0.2) is 39.3 Å². The lowest BCUT2D eigenvalue weighted by Crippen LogP contribution is -2.28. The highest BCUT2D eigenvalue weighted by Gasteiger charge is 2.06. The zero-order chi connectivity index (χ0) is 10.3. The Morgan fingerprint density at radius 2 is 2.08 bits per heavy atom. The fourth-order valence-corrected chi connectivity index (χ4v) is 1.44. The second-order valence-corrected chi connectivity index (χ2v) is 5.19. The van der Waals surface area contributed by atoms with Crippen molar-refractivity contribution in [1.29, 1.82) is 0 Å². The van der Waals surface area contributed by atoms with Crippen LogP contribution in [0.3, 0.4) is 0 Å². The van der Waals surface area contributed by atoms with E-state index in [-0.39, 0.29) is 17.8 Å². The minimum absolute atomic E-state index is 0.000648. The van der Waals surface area contributed by atoms with Gasteiger partial charge in [0, 0.05) is 6.54 Å². The van der Waals surface area contributed by atoms with Gasteiger partial charge in [0.05, 0.1) is 6.61 Å². The zero-order valence-electron chi connectivity index (χ0n) is 6.67. The maximum Gasteiger partial charge on any atom is 0.261 e. The Morgan fingerprint density at radius 1 is 1.46 bits per heavy atom. The van der Waals surface area contributed by atoms with E-state index in [1.165, 1.54) is 0 Å². The third-order valence-corrected chi connectivity index (χ3v) is 3.70. The van der Waals surface area contributed by atoms with E-state index >= 15 is 0 Å². The Morgan fingerprint density at radius 3 is 2.54 bits per heavy atom. The first-order valence-corrected chi connectivity index (χ1v) is 6.14. The van der Waals surface area contributed by atoms with Crippen molar-refractivity contribution in [3.8, 4) is 0 Å². The molecule has 0 rings (SSSR count). The van der Waals surface area contributed by atoms with Crippen LogP contribution in [0.5, 0.6) is 0 Å². The van der Waals surface area contributed by atoms with Crippen molar-refractivity contribution >= 4 is 26.0 Å².